The van der Waals surface area contributed by atoms with Crippen LogP contribution < -0.4 is 19.1 Å². The van der Waals surface area contributed by atoms with E-state index in [4.69, 9.17) is 9.47 Å². The van der Waals surface area contributed by atoms with Crippen LogP contribution in [0.3, 0.4) is 0 Å². The summed E-state index contributed by atoms with van der Waals surface area (Å²) in [5.74, 6) is 0.495. The second-order valence-corrected chi connectivity index (χ2v) is 13.2. The molecule has 4 aromatic rings. The zero-order valence-electron chi connectivity index (χ0n) is 23.0. The maximum Gasteiger partial charge on any atom is 0.267 e. The van der Waals surface area contributed by atoms with E-state index in [9.17, 15) is 13.2 Å². The van der Waals surface area contributed by atoms with E-state index in [2.05, 4.69) is 38.2 Å². The van der Waals surface area contributed by atoms with Crippen LogP contribution in [0.1, 0.15) is 37.5 Å². The minimum Gasteiger partial charge on any atom is -0.497 e. The molecule has 0 saturated carbocycles. The molecule has 1 heterocycles. The number of fused-ring (bicyclic) bond motifs is 1. The van der Waals surface area contributed by atoms with Crippen molar-refractivity contribution in [2.75, 3.05) is 23.3 Å². The highest BCUT2D eigenvalue weighted by atomic mass is 32.2. The van der Waals surface area contributed by atoms with Gasteiger partial charge < -0.3 is 14.8 Å². The number of ether oxygens (including phenoxy) is 2. The highest BCUT2D eigenvalue weighted by Crippen LogP contribution is 2.41. The summed E-state index contributed by atoms with van der Waals surface area (Å²) < 4.78 is 40.7. The lowest BCUT2D eigenvalue weighted by atomic mass is 9.86. The number of carbonyl (C=O) groups is 1. The lowest BCUT2D eigenvalue weighted by Crippen LogP contribution is -2.49. The molecule has 0 unspecified atom stereocenters. The number of nitrogens with one attached hydrogen (secondary N) is 1. The van der Waals surface area contributed by atoms with Crippen LogP contribution in [0.4, 0.5) is 11.4 Å². The molecule has 206 valence electrons. The molecule has 2 aliphatic rings. The van der Waals surface area contributed by atoms with E-state index in [0.29, 0.717) is 22.9 Å². The summed E-state index contributed by atoms with van der Waals surface area (Å²) in [4.78, 5) is 13.8. The van der Waals surface area contributed by atoms with Gasteiger partial charge in [-0.15, -0.1) is 0 Å². The molecule has 0 saturated heterocycles. The molecule has 7 nitrogen and oxygen atoms in total. The van der Waals surface area contributed by atoms with Crippen molar-refractivity contribution in [1.29, 1.82) is 0 Å². The van der Waals surface area contributed by atoms with Crippen molar-refractivity contribution in [3.05, 3.63) is 89.5 Å². The van der Waals surface area contributed by atoms with Crippen LogP contribution in [-0.4, -0.2) is 34.1 Å². The van der Waals surface area contributed by atoms with Crippen molar-refractivity contribution >= 4 is 38.1 Å². The van der Waals surface area contributed by atoms with Gasteiger partial charge in [-0.3, -0.25) is 9.10 Å². The molecular weight excluding hydrogens is 524 g/mol. The summed E-state index contributed by atoms with van der Waals surface area (Å²) in [7, 11) is -2.49. The number of amides is 1. The summed E-state index contributed by atoms with van der Waals surface area (Å²) in [5, 5.41) is 5.20. The van der Waals surface area contributed by atoms with E-state index < -0.39 is 22.0 Å². The number of aryl methyl sites for hydroxylation is 2. The SMILES string of the molecule is COc1ccc(S(=O)(=O)N2C[C@H](C(=O)Nc3ccc4c5c(cccc35)CC4)Oc3ccc(C(C)(C)C)cc32)cc1. The van der Waals surface area contributed by atoms with Gasteiger partial charge in [0.1, 0.15) is 11.5 Å². The van der Waals surface area contributed by atoms with Crippen molar-refractivity contribution < 1.29 is 22.7 Å². The average Bonchev–Trinajstić information content (AvgIpc) is 3.37. The maximum absolute atomic E-state index is 14.0. The summed E-state index contributed by atoms with van der Waals surface area (Å²) in [5.41, 5.74) is 4.40. The summed E-state index contributed by atoms with van der Waals surface area (Å²) >= 11 is 0. The highest BCUT2D eigenvalue weighted by Gasteiger charge is 2.38. The van der Waals surface area contributed by atoms with Gasteiger partial charge in [-0.05, 0) is 82.8 Å². The Kier molecular flexibility index (Phi) is 6.26. The summed E-state index contributed by atoms with van der Waals surface area (Å²) in [6, 6.07) is 21.9. The predicted octanol–water partition coefficient (Wildman–Crippen LogP) is 5.84. The van der Waals surface area contributed by atoms with E-state index in [1.807, 2.05) is 30.3 Å². The molecule has 0 aromatic heterocycles. The highest BCUT2D eigenvalue weighted by molar-refractivity contribution is 7.92. The number of carbonyl (C=O) groups excluding carboxylic acids is 1. The molecule has 1 N–H and O–H groups in total. The lowest BCUT2D eigenvalue weighted by Gasteiger charge is -2.36. The van der Waals surface area contributed by atoms with Crippen molar-refractivity contribution in [2.45, 2.75) is 50.0 Å². The van der Waals surface area contributed by atoms with E-state index in [1.54, 1.807) is 18.2 Å². The third-order valence-corrected chi connectivity index (χ3v) is 9.56. The smallest absolute Gasteiger partial charge is 0.267 e. The second-order valence-electron chi connectivity index (χ2n) is 11.4. The Morgan fingerprint density at radius 1 is 0.975 bits per heavy atom. The zero-order valence-corrected chi connectivity index (χ0v) is 23.8. The van der Waals surface area contributed by atoms with Crippen molar-refractivity contribution in [3.63, 3.8) is 0 Å². The molecule has 1 aliphatic carbocycles. The number of anilines is 2. The van der Waals surface area contributed by atoms with E-state index in [-0.39, 0.29) is 16.9 Å². The number of sulfonamides is 1. The Morgan fingerprint density at radius 2 is 1.70 bits per heavy atom. The van der Waals surface area contributed by atoms with Crippen LogP contribution in [0.2, 0.25) is 0 Å². The standard InChI is InChI=1S/C32H32N2O5S/c1-32(2,3)22-11-17-28-27(18-22)34(40(36,37)24-14-12-23(38-4)13-15-24)19-29(39-28)31(35)33-26-16-10-21-9-8-20-6-5-7-25(26)30(20)21/h5-7,10-18,29H,8-9,19H2,1-4H3,(H,33,35)/t29-/m1/s1. The van der Waals surface area contributed by atoms with Crippen LogP contribution >= 0.6 is 0 Å². The molecule has 6 rings (SSSR count). The zero-order chi connectivity index (χ0) is 28.2. The third kappa shape index (κ3) is 4.46. The van der Waals surface area contributed by atoms with Crippen molar-refractivity contribution in [3.8, 4) is 11.5 Å². The minimum absolute atomic E-state index is 0.106. The van der Waals surface area contributed by atoms with Crippen LogP contribution in [0, 0.1) is 0 Å². The number of nitrogens with zero attached hydrogens (tertiary/aromatic N) is 1. The van der Waals surface area contributed by atoms with Crippen LogP contribution in [-0.2, 0) is 33.1 Å². The van der Waals surface area contributed by atoms with E-state index in [1.165, 1.54) is 40.1 Å². The van der Waals surface area contributed by atoms with Crippen LogP contribution in [0.15, 0.2) is 77.7 Å². The van der Waals surface area contributed by atoms with Crippen LogP contribution in [0.25, 0.3) is 10.8 Å². The van der Waals surface area contributed by atoms with Crippen molar-refractivity contribution in [2.24, 2.45) is 0 Å². The molecule has 0 spiro atoms. The number of methoxy groups -OCH3 is 1. The molecule has 1 atom stereocenters. The molecule has 0 fully saturated rings. The predicted molar refractivity (Wildman–Crippen MR) is 157 cm³/mol. The molecule has 8 heteroatoms. The molecule has 40 heavy (non-hydrogen) atoms. The fourth-order valence-corrected chi connectivity index (χ4v) is 6.99. The Bertz CT molecular complexity index is 1730. The normalized spacial score (nSPS) is 16.4. The molecule has 4 aromatic carbocycles. The first-order valence-corrected chi connectivity index (χ1v) is 14.8. The van der Waals surface area contributed by atoms with Gasteiger partial charge >= 0.3 is 0 Å². The molecule has 0 bridgehead atoms. The van der Waals surface area contributed by atoms with Gasteiger partial charge in [0.15, 0.2) is 6.10 Å². The molecule has 1 aliphatic heterocycles. The first-order chi connectivity index (χ1) is 19.1. The summed E-state index contributed by atoms with van der Waals surface area (Å²) in [6.07, 6.45) is 0.923. The van der Waals surface area contributed by atoms with Gasteiger partial charge in [0.25, 0.3) is 15.9 Å². The monoisotopic (exact) mass is 556 g/mol. The largest absolute Gasteiger partial charge is 0.497 e. The second kappa shape index (κ2) is 9.55. The van der Waals surface area contributed by atoms with Gasteiger partial charge in [-0.25, -0.2) is 8.42 Å². The van der Waals surface area contributed by atoms with E-state index >= 15 is 0 Å². The molecular formula is C32H32N2O5S. The minimum atomic E-state index is -4.02. The Labute approximate surface area is 234 Å². The summed E-state index contributed by atoms with van der Waals surface area (Å²) in [6.45, 7) is 6.03. The molecule has 1 amide bonds. The first-order valence-electron chi connectivity index (χ1n) is 13.4. The van der Waals surface area contributed by atoms with Crippen molar-refractivity contribution in [1.82, 2.24) is 0 Å². The number of hydrogen-bond acceptors (Lipinski definition) is 5. The van der Waals surface area contributed by atoms with Gasteiger partial charge in [-0.1, -0.05) is 51.1 Å². The Morgan fingerprint density at radius 3 is 2.40 bits per heavy atom. The number of benzene rings is 4. The van der Waals surface area contributed by atoms with E-state index in [0.717, 1.165) is 23.8 Å². The Balaban J connectivity index is 1.38. The fourth-order valence-electron chi connectivity index (χ4n) is 5.53. The number of rotatable bonds is 5. The van der Waals surface area contributed by atoms with Gasteiger partial charge in [0.2, 0.25) is 0 Å². The van der Waals surface area contributed by atoms with Gasteiger partial charge in [0, 0.05) is 11.1 Å². The fraction of sp³-hybridized carbons (Fsp3) is 0.281. The average molecular weight is 557 g/mol. The van der Waals surface area contributed by atoms with Gasteiger partial charge in [-0.2, -0.15) is 0 Å². The first kappa shape index (κ1) is 26.2. The molecule has 0 radical (unpaired) electrons. The Hall–Kier alpha value is -4.04. The topological polar surface area (TPSA) is 84.9 Å². The lowest BCUT2D eigenvalue weighted by molar-refractivity contribution is -0.122. The third-order valence-electron chi connectivity index (χ3n) is 7.77. The van der Waals surface area contributed by atoms with Gasteiger partial charge in [0.05, 0.1) is 24.2 Å². The quantitative estimate of drug-likeness (QED) is 0.334. The van der Waals surface area contributed by atoms with Crippen LogP contribution in [0.5, 0.6) is 11.5 Å². The number of hydrogen-bond donors (Lipinski definition) is 1. The maximum atomic E-state index is 14.0.